The zero-order valence-corrected chi connectivity index (χ0v) is 10.6. The van der Waals surface area contributed by atoms with E-state index < -0.39 is 0 Å². The molecule has 4 heteroatoms. The first-order valence-corrected chi connectivity index (χ1v) is 6.13. The van der Waals surface area contributed by atoms with Crippen LogP contribution in [0.3, 0.4) is 0 Å². The average Bonchev–Trinajstić information content (AvgIpc) is 2.41. The van der Waals surface area contributed by atoms with E-state index in [9.17, 15) is 0 Å². The average molecular weight is 246 g/mol. The summed E-state index contributed by atoms with van der Waals surface area (Å²) < 4.78 is 5.67. The number of nitriles is 1. The molecule has 0 unspecified atom stereocenters. The van der Waals surface area contributed by atoms with Gasteiger partial charge in [-0.3, -0.25) is 0 Å². The monoisotopic (exact) mass is 246 g/mol. The molecule has 0 heterocycles. The molecule has 1 rings (SSSR count). The first-order chi connectivity index (χ1) is 8.83. The molecule has 4 nitrogen and oxygen atoms in total. The molecule has 0 aromatic heterocycles. The van der Waals surface area contributed by atoms with Crippen LogP contribution in [-0.4, -0.2) is 17.5 Å². The van der Waals surface area contributed by atoms with Gasteiger partial charge >= 0.3 is 0 Å². The maximum atomic E-state index is 8.94. The second-order valence-corrected chi connectivity index (χ2v) is 3.86. The zero-order valence-electron chi connectivity index (χ0n) is 10.6. The molecule has 0 fully saturated rings. The van der Waals surface area contributed by atoms with Crippen LogP contribution >= 0.6 is 0 Å². The number of hydrogen-bond acceptors (Lipinski definition) is 4. The number of oxime groups is 1. The third kappa shape index (κ3) is 4.10. The summed E-state index contributed by atoms with van der Waals surface area (Å²) in [7, 11) is 0. The van der Waals surface area contributed by atoms with Gasteiger partial charge in [-0.15, -0.1) is 0 Å². The predicted molar refractivity (Wildman–Crippen MR) is 70.0 cm³/mol. The molecule has 0 saturated heterocycles. The molecule has 0 radical (unpaired) electrons. The summed E-state index contributed by atoms with van der Waals surface area (Å²) in [4.78, 5) is 0. The van der Waals surface area contributed by atoms with Gasteiger partial charge in [-0.2, -0.15) is 5.26 Å². The fourth-order valence-electron chi connectivity index (χ4n) is 1.63. The molecule has 1 N–H and O–H groups in total. The molecule has 0 aliphatic heterocycles. The fourth-order valence-corrected chi connectivity index (χ4v) is 1.63. The first kappa shape index (κ1) is 14.0. The van der Waals surface area contributed by atoms with Crippen LogP contribution in [0.2, 0.25) is 0 Å². The number of hydrogen-bond donors (Lipinski definition) is 1. The van der Waals surface area contributed by atoms with Gasteiger partial charge in [-0.25, -0.2) is 0 Å². The topological polar surface area (TPSA) is 65.6 Å². The molecular weight excluding hydrogens is 228 g/mol. The lowest BCUT2D eigenvalue weighted by Gasteiger charge is -2.11. The van der Waals surface area contributed by atoms with Crippen LogP contribution in [0.25, 0.3) is 0 Å². The highest BCUT2D eigenvalue weighted by Crippen LogP contribution is 2.20. The summed E-state index contributed by atoms with van der Waals surface area (Å²) in [5, 5.41) is 20.7. The van der Waals surface area contributed by atoms with Gasteiger partial charge in [-0.1, -0.05) is 24.2 Å². The van der Waals surface area contributed by atoms with E-state index in [4.69, 9.17) is 15.2 Å². The molecule has 18 heavy (non-hydrogen) atoms. The molecule has 96 valence electrons. The largest absolute Gasteiger partial charge is 0.493 e. The van der Waals surface area contributed by atoms with Crippen molar-refractivity contribution in [2.45, 2.75) is 32.6 Å². The maximum Gasteiger partial charge on any atom is 0.128 e. The maximum absolute atomic E-state index is 8.94. The molecule has 0 amide bonds. The van der Waals surface area contributed by atoms with Gasteiger partial charge in [0.1, 0.15) is 5.75 Å². The van der Waals surface area contributed by atoms with Crippen molar-refractivity contribution in [3.8, 4) is 11.8 Å². The van der Waals surface area contributed by atoms with Crippen molar-refractivity contribution in [1.82, 2.24) is 0 Å². The van der Waals surface area contributed by atoms with Crippen LogP contribution in [0.15, 0.2) is 29.4 Å². The van der Waals surface area contributed by atoms with Gasteiger partial charge < -0.3 is 9.94 Å². The fraction of sp³-hybridized carbons (Fsp3) is 0.429. The van der Waals surface area contributed by atoms with Crippen molar-refractivity contribution in [1.29, 1.82) is 5.26 Å². The summed E-state index contributed by atoms with van der Waals surface area (Å²) in [5.41, 5.74) is 1.44. The predicted octanol–water partition coefficient (Wildman–Crippen LogP) is 3.35. The number of ether oxygens (including phenoxy) is 1. The van der Waals surface area contributed by atoms with Gasteiger partial charge in [0, 0.05) is 12.0 Å². The lowest BCUT2D eigenvalue weighted by atomic mass is 10.1. The van der Waals surface area contributed by atoms with E-state index in [0.29, 0.717) is 25.2 Å². The van der Waals surface area contributed by atoms with Crippen LogP contribution in [0.5, 0.6) is 5.75 Å². The minimum absolute atomic E-state index is 0.559. The van der Waals surface area contributed by atoms with E-state index in [1.165, 1.54) is 0 Å². The quantitative estimate of drug-likeness (QED) is 0.347. The molecule has 0 bridgehead atoms. The van der Waals surface area contributed by atoms with Crippen LogP contribution in [0.1, 0.15) is 38.2 Å². The zero-order chi connectivity index (χ0) is 13.2. The summed E-state index contributed by atoms with van der Waals surface area (Å²) in [5.74, 6) is 0.726. The standard InChI is InChI=1S/C14H18N2O2/c1-2-13(16-17)12-8-4-5-9-14(12)18-11-7-3-6-10-15/h4-5,8-9,17H,2-3,6-7,11H2,1H3. The van der Waals surface area contributed by atoms with Crippen LogP contribution < -0.4 is 4.74 Å². The Morgan fingerprint density at radius 3 is 2.83 bits per heavy atom. The highest BCUT2D eigenvalue weighted by molar-refractivity contribution is 6.02. The third-order valence-electron chi connectivity index (χ3n) is 2.59. The molecular formula is C14H18N2O2. The van der Waals surface area contributed by atoms with Gasteiger partial charge in [0.05, 0.1) is 18.4 Å². The number of nitrogens with zero attached hydrogens (tertiary/aromatic N) is 2. The molecule has 0 aliphatic rings. The van der Waals surface area contributed by atoms with E-state index in [-0.39, 0.29) is 0 Å². The Bertz CT molecular complexity index is 436. The molecule has 1 aromatic carbocycles. The van der Waals surface area contributed by atoms with Crippen molar-refractivity contribution in [2.75, 3.05) is 6.61 Å². The van der Waals surface area contributed by atoms with E-state index in [1.807, 2.05) is 31.2 Å². The Morgan fingerprint density at radius 1 is 1.39 bits per heavy atom. The van der Waals surface area contributed by atoms with Gasteiger partial charge in [0.2, 0.25) is 0 Å². The van der Waals surface area contributed by atoms with E-state index in [1.54, 1.807) is 0 Å². The van der Waals surface area contributed by atoms with Crippen molar-refractivity contribution < 1.29 is 9.94 Å². The van der Waals surface area contributed by atoms with E-state index in [0.717, 1.165) is 24.2 Å². The van der Waals surface area contributed by atoms with Crippen molar-refractivity contribution in [2.24, 2.45) is 5.16 Å². The Kier molecular flexibility index (Phi) is 6.34. The Morgan fingerprint density at radius 2 is 2.17 bits per heavy atom. The van der Waals surface area contributed by atoms with Crippen LogP contribution in [0, 0.1) is 11.3 Å². The van der Waals surface area contributed by atoms with Crippen LogP contribution in [-0.2, 0) is 0 Å². The Labute approximate surface area is 108 Å². The number of benzene rings is 1. The van der Waals surface area contributed by atoms with Gasteiger partial charge in [-0.05, 0) is 31.4 Å². The Balaban J connectivity index is 2.63. The smallest absolute Gasteiger partial charge is 0.128 e. The molecule has 0 saturated carbocycles. The lowest BCUT2D eigenvalue weighted by Crippen LogP contribution is -2.05. The third-order valence-corrected chi connectivity index (χ3v) is 2.59. The SMILES string of the molecule is CCC(=NO)c1ccccc1OCCCCC#N. The van der Waals surface area contributed by atoms with Crippen LogP contribution in [0.4, 0.5) is 0 Å². The summed E-state index contributed by atoms with van der Waals surface area (Å²) >= 11 is 0. The summed E-state index contributed by atoms with van der Waals surface area (Å²) in [6, 6.07) is 9.62. The van der Waals surface area contributed by atoms with Crippen molar-refractivity contribution in [3.63, 3.8) is 0 Å². The summed E-state index contributed by atoms with van der Waals surface area (Å²) in [6.07, 6.45) is 2.89. The summed E-state index contributed by atoms with van der Waals surface area (Å²) in [6.45, 7) is 2.50. The van der Waals surface area contributed by atoms with Gasteiger partial charge in [0.15, 0.2) is 0 Å². The highest BCUT2D eigenvalue weighted by atomic mass is 16.5. The number of rotatable bonds is 7. The molecule has 1 aromatic rings. The highest BCUT2D eigenvalue weighted by Gasteiger charge is 2.08. The first-order valence-electron chi connectivity index (χ1n) is 6.13. The number of para-hydroxylation sites is 1. The van der Waals surface area contributed by atoms with E-state index in [2.05, 4.69) is 11.2 Å². The van der Waals surface area contributed by atoms with E-state index >= 15 is 0 Å². The second kappa shape index (κ2) is 8.13. The lowest BCUT2D eigenvalue weighted by molar-refractivity contribution is 0.304. The van der Waals surface area contributed by atoms with Gasteiger partial charge in [0.25, 0.3) is 0 Å². The van der Waals surface area contributed by atoms with Crippen molar-refractivity contribution >= 4 is 5.71 Å². The van der Waals surface area contributed by atoms with Crippen molar-refractivity contribution in [3.05, 3.63) is 29.8 Å². The second-order valence-electron chi connectivity index (χ2n) is 3.86. The minimum Gasteiger partial charge on any atom is -0.493 e. The molecule has 0 atom stereocenters. The Hall–Kier alpha value is -2.02. The minimum atomic E-state index is 0.559. The molecule has 0 spiro atoms. The molecule has 0 aliphatic carbocycles. The number of unbranched alkanes of at least 4 members (excludes halogenated alkanes) is 2. The normalized spacial score (nSPS) is 11.0.